The average molecular weight is 298 g/mol. The maximum Gasteiger partial charge on any atom is 0.317 e. The molecule has 0 radical (unpaired) electrons. The van der Waals surface area contributed by atoms with Crippen molar-refractivity contribution in [1.29, 1.82) is 0 Å². The fourth-order valence-corrected chi connectivity index (χ4v) is 2.96. The number of hydrogen-bond acceptors (Lipinski definition) is 4. The molecule has 1 rings (SSSR count). The summed E-state index contributed by atoms with van der Waals surface area (Å²) in [5.41, 5.74) is -0.572. The van der Waals surface area contributed by atoms with E-state index in [4.69, 9.17) is 9.47 Å². The zero-order valence-electron chi connectivity index (χ0n) is 14.3. The number of carbonyl (C=O) groups excluding carboxylic acids is 2. The molecule has 1 saturated carbocycles. The third-order valence-electron chi connectivity index (χ3n) is 3.95. The molecule has 0 amide bonds. The summed E-state index contributed by atoms with van der Waals surface area (Å²) in [6.45, 7) is 11.9. The first kappa shape index (κ1) is 18.0. The van der Waals surface area contributed by atoms with Crippen molar-refractivity contribution in [3.8, 4) is 0 Å². The highest BCUT2D eigenvalue weighted by molar-refractivity contribution is 5.91. The lowest BCUT2D eigenvalue weighted by Crippen LogP contribution is -2.36. The minimum Gasteiger partial charge on any atom is -0.462 e. The Hall–Kier alpha value is -1.06. The van der Waals surface area contributed by atoms with Crippen LogP contribution in [0.25, 0.3) is 0 Å². The second-order valence-electron chi connectivity index (χ2n) is 7.62. The van der Waals surface area contributed by atoms with E-state index in [1.165, 1.54) is 6.42 Å². The molecular weight excluding hydrogens is 268 g/mol. The molecule has 0 N–H and O–H groups in total. The van der Waals surface area contributed by atoms with E-state index in [0.29, 0.717) is 17.8 Å². The summed E-state index contributed by atoms with van der Waals surface area (Å²) in [4.78, 5) is 23.6. The second kappa shape index (κ2) is 7.28. The van der Waals surface area contributed by atoms with Gasteiger partial charge < -0.3 is 9.47 Å². The van der Waals surface area contributed by atoms with Crippen molar-refractivity contribution in [2.24, 2.45) is 17.8 Å². The zero-order valence-corrected chi connectivity index (χ0v) is 14.3. The van der Waals surface area contributed by atoms with Crippen LogP contribution >= 0.6 is 0 Å². The predicted molar refractivity (Wildman–Crippen MR) is 81.7 cm³/mol. The molecular formula is C17H30O4. The Labute approximate surface area is 128 Å². The van der Waals surface area contributed by atoms with Crippen molar-refractivity contribution in [1.82, 2.24) is 0 Å². The largest absolute Gasteiger partial charge is 0.462 e. The van der Waals surface area contributed by atoms with E-state index in [1.54, 1.807) is 20.8 Å². The van der Waals surface area contributed by atoms with Crippen molar-refractivity contribution in [2.45, 2.75) is 78.9 Å². The fraction of sp³-hybridized carbons (Fsp3) is 0.882. The first-order valence-corrected chi connectivity index (χ1v) is 8.00. The molecule has 1 aliphatic carbocycles. The van der Waals surface area contributed by atoms with Crippen molar-refractivity contribution in [3.05, 3.63) is 0 Å². The van der Waals surface area contributed by atoms with Crippen molar-refractivity contribution in [3.63, 3.8) is 0 Å². The maximum atomic E-state index is 12.0. The molecule has 3 atom stereocenters. The normalized spacial score (nSPS) is 26.5. The molecule has 4 heteroatoms. The van der Waals surface area contributed by atoms with Crippen molar-refractivity contribution >= 4 is 11.9 Å². The Morgan fingerprint density at radius 1 is 1.14 bits per heavy atom. The molecule has 0 spiro atoms. The molecule has 0 saturated heterocycles. The fourth-order valence-electron chi connectivity index (χ4n) is 2.96. The van der Waals surface area contributed by atoms with Crippen molar-refractivity contribution in [2.75, 3.05) is 0 Å². The van der Waals surface area contributed by atoms with Crippen LogP contribution in [-0.2, 0) is 19.1 Å². The summed E-state index contributed by atoms with van der Waals surface area (Å²) in [6, 6.07) is 0. The minimum atomic E-state index is -0.572. The van der Waals surface area contributed by atoms with Gasteiger partial charge in [-0.1, -0.05) is 27.2 Å². The van der Waals surface area contributed by atoms with Crippen LogP contribution in [-0.4, -0.2) is 23.6 Å². The van der Waals surface area contributed by atoms with Crippen LogP contribution < -0.4 is 0 Å². The van der Waals surface area contributed by atoms with E-state index in [-0.39, 0.29) is 12.5 Å². The standard InChI is InChI=1S/C17H30O4/c1-11(2)13-8-7-12(3)9-14(13)20-15(18)10-16(19)21-17(4,5)6/h11-14H,7-10H2,1-6H3/t12-,13+,14-/m1/s1. The Bertz CT molecular complexity index is 367. The zero-order chi connectivity index (χ0) is 16.2. The van der Waals surface area contributed by atoms with Crippen molar-refractivity contribution < 1.29 is 19.1 Å². The van der Waals surface area contributed by atoms with E-state index in [2.05, 4.69) is 20.8 Å². The van der Waals surface area contributed by atoms with Gasteiger partial charge in [-0.15, -0.1) is 0 Å². The second-order valence-corrected chi connectivity index (χ2v) is 7.62. The quantitative estimate of drug-likeness (QED) is 0.586. The van der Waals surface area contributed by atoms with E-state index < -0.39 is 17.5 Å². The Morgan fingerprint density at radius 3 is 2.29 bits per heavy atom. The molecule has 0 aromatic heterocycles. The number of carbonyl (C=O) groups is 2. The van der Waals surface area contributed by atoms with Gasteiger partial charge in [-0.25, -0.2) is 0 Å². The molecule has 4 nitrogen and oxygen atoms in total. The highest BCUT2D eigenvalue weighted by atomic mass is 16.6. The molecule has 0 aliphatic heterocycles. The smallest absolute Gasteiger partial charge is 0.317 e. The molecule has 0 aromatic carbocycles. The first-order chi connectivity index (χ1) is 9.58. The van der Waals surface area contributed by atoms with Gasteiger partial charge in [-0.2, -0.15) is 0 Å². The first-order valence-electron chi connectivity index (χ1n) is 8.00. The third-order valence-corrected chi connectivity index (χ3v) is 3.95. The van der Waals surface area contributed by atoms with E-state index in [0.717, 1.165) is 12.8 Å². The van der Waals surface area contributed by atoms with Gasteiger partial charge >= 0.3 is 11.9 Å². The molecule has 0 heterocycles. The van der Waals surface area contributed by atoms with Gasteiger partial charge in [0.1, 0.15) is 18.1 Å². The summed E-state index contributed by atoms with van der Waals surface area (Å²) in [5, 5.41) is 0. The topological polar surface area (TPSA) is 52.6 Å². The lowest BCUT2D eigenvalue weighted by Gasteiger charge is -2.36. The van der Waals surface area contributed by atoms with E-state index >= 15 is 0 Å². The van der Waals surface area contributed by atoms with E-state index in [9.17, 15) is 9.59 Å². The summed E-state index contributed by atoms with van der Waals surface area (Å²) in [7, 11) is 0. The van der Waals surface area contributed by atoms with Crippen LogP contribution in [0.4, 0.5) is 0 Å². The van der Waals surface area contributed by atoms with Gasteiger partial charge in [0.05, 0.1) is 0 Å². The molecule has 21 heavy (non-hydrogen) atoms. The monoisotopic (exact) mass is 298 g/mol. The molecule has 0 unspecified atom stereocenters. The summed E-state index contributed by atoms with van der Waals surface area (Å²) in [5.74, 6) is 0.464. The van der Waals surface area contributed by atoms with Gasteiger partial charge in [0.2, 0.25) is 0 Å². The Kier molecular flexibility index (Phi) is 6.24. The van der Waals surface area contributed by atoms with Crippen LogP contribution in [0.1, 0.15) is 67.2 Å². The summed E-state index contributed by atoms with van der Waals surface area (Å²) >= 11 is 0. The van der Waals surface area contributed by atoms with Crippen LogP contribution in [0.15, 0.2) is 0 Å². The van der Waals surface area contributed by atoms with Crippen LogP contribution in [0.5, 0.6) is 0 Å². The SMILES string of the molecule is CC(C)[C@@H]1CC[C@@H](C)C[C@H]1OC(=O)CC(=O)OC(C)(C)C. The van der Waals surface area contributed by atoms with Gasteiger partial charge in [0.15, 0.2) is 0 Å². The van der Waals surface area contributed by atoms with Gasteiger partial charge in [0, 0.05) is 0 Å². The summed E-state index contributed by atoms with van der Waals surface area (Å²) < 4.78 is 10.7. The molecule has 0 bridgehead atoms. The van der Waals surface area contributed by atoms with Gasteiger partial charge in [-0.05, 0) is 51.4 Å². The highest BCUT2D eigenvalue weighted by Crippen LogP contribution is 2.35. The lowest BCUT2D eigenvalue weighted by molar-refractivity contribution is -0.166. The maximum absolute atomic E-state index is 12.0. The molecule has 1 fully saturated rings. The number of ether oxygens (including phenoxy) is 2. The molecule has 1 aliphatic rings. The Morgan fingerprint density at radius 2 is 1.76 bits per heavy atom. The predicted octanol–water partition coefficient (Wildman–Crippen LogP) is 3.72. The van der Waals surface area contributed by atoms with Crippen LogP contribution in [0.2, 0.25) is 0 Å². The van der Waals surface area contributed by atoms with Crippen LogP contribution in [0.3, 0.4) is 0 Å². The number of esters is 2. The highest BCUT2D eigenvalue weighted by Gasteiger charge is 2.34. The number of hydrogen-bond donors (Lipinski definition) is 0. The molecule has 0 aromatic rings. The molecule has 122 valence electrons. The Balaban J connectivity index is 2.53. The van der Waals surface area contributed by atoms with Gasteiger partial charge in [0.25, 0.3) is 0 Å². The van der Waals surface area contributed by atoms with Crippen LogP contribution in [0, 0.1) is 17.8 Å². The third kappa shape index (κ3) is 6.49. The van der Waals surface area contributed by atoms with E-state index in [1.807, 2.05) is 0 Å². The minimum absolute atomic E-state index is 0.0660. The van der Waals surface area contributed by atoms with Gasteiger partial charge in [-0.3, -0.25) is 9.59 Å². The summed E-state index contributed by atoms with van der Waals surface area (Å²) in [6.07, 6.45) is 2.80. The lowest BCUT2D eigenvalue weighted by atomic mass is 9.75. The average Bonchev–Trinajstić information content (AvgIpc) is 2.24. The number of rotatable bonds is 4.